The van der Waals surface area contributed by atoms with Crippen molar-refractivity contribution in [2.45, 2.75) is 25.7 Å². The van der Waals surface area contributed by atoms with Crippen molar-refractivity contribution in [3.05, 3.63) is 24.0 Å². The molecule has 1 aromatic rings. The van der Waals surface area contributed by atoms with E-state index in [1.807, 2.05) is 0 Å². The first-order valence-electron chi connectivity index (χ1n) is 7.05. The number of fused-ring (bicyclic) bond motifs is 2. The van der Waals surface area contributed by atoms with Crippen LogP contribution in [0.5, 0.6) is 5.75 Å². The second-order valence-corrected chi connectivity index (χ2v) is 6.00. The molecule has 3 unspecified atom stereocenters. The summed E-state index contributed by atoms with van der Waals surface area (Å²) in [6, 6.07) is 2.82. The number of ether oxygens (including phenoxy) is 1. The van der Waals surface area contributed by atoms with Gasteiger partial charge in [0.1, 0.15) is 5.75 Å². The summed E-state index contributed by atoms with van der Waals surface area (Å²) in [5, 5.41) is 0. The van der Waals surface area contributed by atoms with Gasteiger partial charge in [0.05, 0.1) is 12.4 Å². The molecule has 2 bridgehead atoms. The molecule has 0 saturated heterocycles. The molecule has 2 aliphatic rings. The van der Waals surface area contributed by atoms with Crippen molar-refractivity contribution >= 4 is 12.4 Å². The molecule has 3 rings (SSSR count). The van der Waals surface area contributed by atoms with Gasteiger partial charge >= 0.3 is 58.4 Å². The predicted octanol–water partition coefficient (Wildman–Crippen LogP) is 0.699. The van der Waals surface area contributed by atoms with E-state index in [0.717, 1.165) is 24.5 Å². The van der Waals surface area contributed by atoms with Crippen LogP contribution < -0.4 is 61.6 Å². The van der Waals surface area contributed by atoms with E-state index in [4.69, 9.17) is 4.74 Å². The third-order valence-corrected chi connectivity index (χ3v) is 4.67. The Kier molecular flexibility index (Phi) is 5.85. The third kappa shape index (κ3) is 4.05. The first-order valence-corrected chi connectivity index (χ1v) is 7.05. The maximum Gasteiger partial charge on any atom is 1.00 e. The van der Waals surface area contributed by atoms with E-state index in [1.54, 1.807) is 0 Å². The molecule has 1 aromatic carbocycles. The largest absolute Gasteiger partial charge is 1.00 e. The molecule has 3 atom stereocenters. The normalized spacial score (nSPS) is 27.5. The molecule has 0 aliphatic heterocycles. The number of halogens is 4. The van der Waals surface area contributed by atoms with Crippen molar-refractivity contribution < 1.29 is 73.5 Å². The van der Waals surface area contributed by atoms with Crippen molar-refractivity contribution in [1.29, 1.82) is 0 Å². The van der Waals surface area contributed by atoms with Crippen molar-refractivity contribution in [2.24, 2.45) is 17.8 Å². The standard InChI is InChI=1S/C14H16BF4O.K/c16-14-7-12(3-4-13(14)15(17,18)19)20-8-11-6-9-1-2-10(11)5-9;/h3-4,7,9-11H,1-2,5-6,8H2;/q-1;+1. The third-order valence-electron chi connectivity index (χ3n) is 4.67. The van der Waals surface area contributed by atoms with E-state index in [1.165, 1.54) is 25.3 Å². The number of benzene rings is 1. The minimum Gasteiger partial charge on any atom is -0.493 e. The second-order valence-electron chi connectivity index (χ2n) is 6.00. The summed E-state index contributed by atoms with van der Waals surface area (Å²) < 4.78 is 56.4. The Morgan fingerprint density at radius 1 is 1.14 bits per heavy atom. The fraction of sp³-hybridized carbons (Fsp3) is 0.571. The molecule has 21 heavy (non-hydrogen) atoms. The van der Waals surface area contributed by atoms with Crippen LogP contribution in [0.15, 0.2) is 18.2 Å². The van der Waals surface area contributed by atoms with E-state index in [2.05, 4.69) is 0 Å². The Bertz CT molecular complexity index is 508. The van der Waals surface area contributed by atoms with Crippen LogP contribution in [0.1, 0.15) is 25.7 Å². The maximum atomic E-state index is 13.4. The first kappa shape index (κ1) is 17.8. The van der Waals surface area contributed by atoms with Gasteiger partial charge in [-0.3, -0.25) is 0 Å². The summed E-state index contributed by atoms with van der Waals surface area (Å²) in [7, 11) is 0. The summed E-state index contributed by atoms with van der Waals surface area (Å²) in [6.45, 7) is -4.82. The quantitative estimate of drug-likeness (QED) is 0.585. The molecule has 7 heteroatoms. The van der Waals surface area contributed by atoms with Gasteiger partial charge in [-0.25, -0.2) is 4.39 Å². The van der Waals surface area contributed by atoms with Crippen LogP contribution in [-0.4, -0.2) is 13.6 Å². The van der Waals surface area contributed by atoms with Crippen LogP contribution in [0.3, 0.4) is 0 Å². The van der Waals surface area contributed by atoms with Gasteiger partial charge in [-0.05, 0) is 43.1 Å². The predicted molar refractivity (Wildman–Crippen MR) is 69.5 cm³/mol. The van der Waals surface area contributed by atoms with Gasteiger partial charge in [0.25, 0.3) is 0 Å². The fourth-order valence-corrected chi connectivity index (χ4v) is 3.65. The first-order chi connectivity index (χ1) is 9.43. The minimum atomic E-state index is -5.30. The molecule has 110 valence electrons. The van der Waals surface area contributed by atoms with Gasteiger partial charge in [-0.1, -0.05) is 17.9 Å². The molecule has 0 amide bonds. The topological polar surface area (TPSA) is 9.23 Å². The Hall–Kier alpha value is 0.441. The van der Waals surface area contributed by atoms with Crippen molar-refractivity contribution in [2.75, 3.05) is 6.61 Å². The van der Waals surface area contributed by atoms with Crippen LogP contribution in [0.2, 0.25) is 0 Å². The molecule has 0 spiro atoms. The van der Waals surface area contributed by atoms with Gasteiger partial charge in [-0.2, -0.15) is 0 Å². The molecule has 0 radical (unpaired) electrons. The molecule has 0 heterocycles. The molecule has 0 aromatic heterocycles. The molecule has 2 aliphatic carbocycles. The maximum absolute atomic E-state index is 13.4. The SMILES string of the molecule is Fc1cc(OCC2CC3CCC2C3)ccc1[B-](F)(F)F.[K+]. The van der Waals surface area contributed by atoms with Crippen molar-refractivity contribution in [1.82, 2.24) is 0 Å². The van der Waals surface area contributed by atoms with Gasteiger partial charge in [0.15, 0.2) is 0 Å². The summed E-state index contributed by atoms with van der Waals surface area (Å²) in [5.74, 6) is 0.892. The number of rotatable bonds is 4. The van der Waals surface area contributed by atoms with Crippen LogP contribution in [-0.2, 0) is 0 Å². The molecular weight excluding hydrogens is 310 g/mol. The molecule has 0 N–H and O–H groups in total. The van der Waals surface area contributed by atoms with Crippen molar-refractivity contribution in [3.63, 3.8) is 0 Å². The second kappa shape index (κ2) is 6.91. The summed E-state index contributed by atoms with van der Waals surface area (Å²) in [4.78, 5) is 0. The fourth-order valence-electron chi connectivity index (χ4n) is 3.65. The zero-order chi connectivity index (χ0) is 14.3. The Morgan fingerprint density at radius 2 is 1.90 bits per heavy atom. The monoisotopic (exact) mass is 326 g/mol. The summed E-state index contributed by atoms with van der Waals surface area (Å²) in [6.07, 6.45) is 4.90. The minimum absolute atomic E-state index is 0. The average Bonchev–Trinajstić information content (AvgIpc) is 2.96. The van der Waals surface area contributed by atoms with E-state index < -0.39 is 18.3 Å². The van der Waals surface area contributed by atoms with Gasteiger partial charge < -0.3 is 17.7 Å². The van der Waals surface area contributed by atoms with Crippen LogP contribution >= 0.6 is 0 Å². The zero-order valence-electron chi connectivity index (χ0n) is 12.0. The Balaban J connectivity index is 0.00000161. The van der Waals surface area contributed by atoms with E-state index in [9.17, 15) is 17.3 Å². The van der Waals surface area contributed by atoms with E-state index in [0.29, 0.717) is 18.4 Å². The van der Waals surface area contributed by atoms with Crippen molar-refractivity contribution in [3.8, 4) is 5.75 Å². The molecular formula is C14H16BF4KO. The Labute approximate surface area is 164 Å². The molecule has 1 nitrogen and oxygen atoms in total. The van der Waals surface area contributed by atoms with Gasteiger partial charge in [0.2, 0.25) is 0 Å². The summed E-state index contributed by atoms with van der Waals surface area (Å²) >= 11 is 0. The van der Waals surface area contributed by atoms with Crippen LogP contribution in [0.4, 0.5) is 17.3 Å². The van der Waals surface area contributed by atoms with Crippen LogP contribution in [0.25, 0.3) is 0 Å². The van der Waals surface area contributed by atoms with Crippen LogP contribution in [0, 0.1) is 23.6 Å². The van der Waals surface area contributed by atoms with E-state index in [-0.39, 0.29) is 57.1 Å². The Morgan fingerprint density at radius 3 is 2.43 bits per heavy atom. The van der Waals surface area contributed by atoms with Gasteiger partial charge in [-0.15, -0.1) is 0 Å². The number of hydrogen-bond donors (Lipinski definition) is 0. The number of hydrogen-bond acceptors (Lipinski definition) is 1. The average molecular weight is 326 g/mol. The molecule has 2 fully saturated rings. The smallest absolute Gasteiger partial charge is 0.493 e. The summed E-state index contributed by atoms with van der Waals surface area (Å²) in [5.41, 5.74) is -1.18. The van der Waals surface area contributed by atoms with Gasteiger partial charge in [0, 0.05) is 6.07 Å². The molecule has 2 saturated carbocycles. The zero-order valence-corrected chi connectivity index (χ0v) is 15.1. The van der Waals surface area contributed by atoms with E-state index >= 15 is 0 Å².